The third-order valence-electron chi connectivity index (χ3n) is 3.01. The van der Waals surface area contributed by atoms with Crippen LogP contribution in [0.15, 0.2) is 24.3 Å². The molecule has 0 radical (unpaired) electrons. The molecule has 2 heteroatoms. The minimum Gasteiger partial charge on any atom is -0.204 e. The number of halogens is 2. The van der Waals surface area contributed by atoms with Crippen molar-refractivity contribution in [2.45, 2.75) is 26.2 Å². The van der Waals surface area contributed by atoms with Crippen LogP contribution in [0.1, 0.15) is 31.9 Å². The lowest BCUT2D eigenvalue weighted by Crippen LogP contribution is -2.12. The fourth-order valence-corrected chi connectivity index (χ4v) is 2.37. The molecule has 2 aromatic carbocycles. The van der Waals surface area contributed by atoms with Gasteiger partial charge in [-0.3, -0.25) is 0 Å². The molecule has 0 nitrogen and oxygen atoms in total. The second-order valence-electron chi connectivity index (χ2n) is 5.35. The highest BCUT2D eigenvalue weighted by Crippen LogP contribution is 2.35. The average Bonchev–Trinajstić information content (AvgIpc) is 2.29. The normalized spacial score (nSPS) is 11.6. The van der Waals surface area contributed by atoms with Crippen LogP contribution in [0.3, 0.4) is 0 Å². The van der Waals surface area contributed by atoms with Crippen molar-refractivity contribution in [1.82, 2.24) is 0 Å². The van der Waals surface area contributed by atoms with Crippen LogP contribution in [0.5, 0.6) is 0 Å². The Hall–Kier alpha value is -1.52. The predicted molar refractivity (Wildman–Crippen MR) is 75.6 cm³/mol. The van der Waals surface area contributed by atoms with Gasteiger partial charge in [0.15, 0.2) is 5.82 Å². The van der Waals surface area contributed by atoms with Gasteiger partial charge in [0.05, 0.1) is 10.6 Å². The van der Waals surface area contributed by atoms with Gasteiger partial charge < -0.3 is 0 Å². The zero-order chi connectivity index (χ0) is 13.5. The van der Waals surface area contributed by atoms with Gasteiger partial charge in [-0.2, -0.15) is 0 Å². The summed E-state index contributed by atoms with van der Waals surface area (Å²) in [7, 11) is 0. The molecule has 0 N–H and O–H groups in total. The van der Waals surface area contributed by atoms with Crippen LogP contribution in [-0.4, -0.2) is 0 Å². The van der Waals surface area contributed by atoms with E-state index in [4.69, 9.17) is 18.0 Å². The number of hydrogen-bond donors (Lipinski definition) is 0. The number of hydrogen-bond acceptors (Lipinski definition) is 0. The van der Waals surface area contributed by atoms with Crippen molar-refractivity contribution in [2.75, 3.05) is 0 Å². The van der Waals surface area contributed by atoms with Crippen LogP contribution in [-0.2, 0) is 5.41 Å². The molecule has 0 saturated heterocycles. The first kappa shape index (κ1) is 12.9. The maximum atomic E-state index is 14.0. The molecule has 0 aliphatic rings. The van der Waals surface area contributed by atoms with Crippen LogP contribution >= 0.6 is 11.6 Å². The third-order valence-corrected chi connectivity index (χ3v) is 3.29. The Balaban J connectivity index is 3.01. The molecule has 0 atom stereocenters. The highest BCUT2D eigenvalue weighted by atomic mass is 35.5. The van der Waals surface area contributed by atoms with E-state index in [1.54, 1.807) is 6.07 Å². The Bertz CT molecular complexity index is 657. The fourth-order valence-electron chi connectivity index (χ4n) is 2.16. The molecule has 0 saturated carbocycles. The SMILES string of the molecule is C#Cc1c(F)c(Cl)cc2cccc(C(C)(C)C)c12. The molecular weight excluding hydrogens is 247 g/mol. The van der Waals surface area contributed by atoms with Crippen LogP contribution in [0.4, 0.5) is 4.39 Å². The lowest BCUT2D eigenvalue weighted by atomic mass is 9.82. The first-order valence-electron chi connectivity index (χ1n) is 5.74. The van der Waals surface area contributed by atoms with E-state index in [0.717, 1.165) is 16.3 Å². The number of rotatable bonds is 0. The molecule has 2 rings (SSSR count). The van der Waals surface area contributed by atoms with Crippen molar-refractivity contribution in [3.8, 4) is 12.3 Å². The van der Waals surface area contributed by atoms with Crippen molar-refractivity contribution in [1.29, 1.82) is 0 Å². The quantitative estimate of drug-likeness (QED) is 0.591. The van der Waals surface area contributed by atoms with E-state index in [1.165, 1.54) is 0 Å². The summed E-state index contributed by atoms with van der Waals surface area (Å²) in [6.07, 6.45) is 5.45. The van der Waals surface area contributed by atoms with E-state index in [2.05, 4.69) is 26.7 Å². The van der Waals surface area contributed by atoms with E-state index in [0.29, 0.717) is 0 Å². The molecule has 0 aromatic heterocycles. The highest BCUT2D eigenvalue weighted by Gasteiger charge is 2.20. The van der Waals surface area contributed by atoms with Gasteiger partial charge in [-0.25, -0.2) is 4.39 Å². The molecule has 0 aliphatic carbocycles. The molecule has 0 aliphatic heterocycles. The van der Waals surface area contributed by atoms with E-state index in [-0.39, 0.29) is 16.0 Å². The Morgan fingerprint density at radius 2 is 1.94 bits per heavy atom. The molecule has 18 heavy (non-hydrogen) atoms. The lowest BCUT2D eigenvalue weighted by molar-refractivity contribution is 0.594. The number of fused-ring (bicyclic) bond motifs is 1. The van der Waals surface area contributed by atoms with Gasteiger partial charge in [-0.15, -0.1) is 6.42 Å². The smallest absolute Gasteiger partial charge is 0.158 e. The maximum Gasteiger partial charge on any atom is 0.158 e. The standard InChI is InChI=1S/C16H14ClF/c1-5-11-14-10(9-13(17)15(11)18)7-6-8-12(14)16(2,3)4/h1,6-9H,2-4H3. The summed E-state index contributed by atoms with van der Waals surface area (Å²) in [6.45, 7) is 6.23. The summed E-state index contributed by atoms with van der Waals surface area (Å²) >= 11 is 5.87. The zero-order valence-corrected chi connectivity index (χ0v) is 11.4. The fraction of sp³-hybridized carbons (Fsp3) is 0.250. The van der Waals surface area contributed by atoms with E-state index >= 15 is 0 Å². The number of terminal acetylenes is 1. The van der Waals surface area contributed by atoms with Gasteiger partial charge in [-0.1, -0.05) is 56.5 Å². The maximum absolute atomic E-state index is 14.0. The summed E-state index contributed by atoms with van der Waals surface area (Å²) < 4.78 is 14.0. The van der Waals surface area contributed by atoms with Gasteiger partial charge in [0, 0.05) is 5.39 Å². The highest BCUT2D eigenvalue weighted by molar-refractivity contribution is 6.31. The second kappa shape index (κ2) is 4.30. The Labute approximate surface area is 112 Å². The third kappa shape index (κ3) is 1.98. The minimum atomic E-state index is -0.511. The zero-order valence-electron chi connectivity index (χ0n) is 10.6. The molecule has 0 bridgehead atoms. The Morgan fingerprint density at radius 1 is 1.28 bits per heavy atom. The van der Waals surface area contributed by atoms with Gasteiger partial charge in [-0.05, 0) is 22.4 Å². The lowest BCUT2D eigenvalue weighted by Gasteiger charge is -2.22. The Morgan fingerprint density at radius 3 is 2.50 bits per heavy atom. The van der Waals surface area contributed by atoms with Crippen molar-refractivity contribution in [3.63, 3.8) is 0 Å². The largest absolute Gasteiger partial charge is 0.204 e. The van der Waals surface area contributed by atoms with E-state index < -0.39 is 5.82 Å². The molecule has 0 amide bonds. The van der Waals surface area contributed by atoms with Crippen molar-refractivity contribution < 1.29 is 4.39 Å². The summed E-state index contributed by atoms with van der Waals surface area (Å²) in [4.78, 5) is 0. The summed E-state index contributed by atoms with van der Waals surface area (Å²) in [5.74, 6) is 1.92. The molecule has 2 aromatic rings. The molecular formula is C16H14ClF. The van der Waals surface area contributed by atoms with Gasteiger partial charge in [0.2, 0.25) is 0 Å². The van der Waals surface area contributed by atoms with Gasteiger partial charge >= 0.3 is 0 Å². The van der Waals surface area contributed by atoms with E-state index in [1.807, 2.05) is 18.2 Å². The first-order chi connectivity index (χ1) is 8.36. The van der Waals surface area contributed by atoms with Crippen LogP contribution in [0, 0.1) is 18.2 Å². The molecule has 0 heterocycles. The molecule has 0 fully saturated rings. The van der Waals surface area contributed by atoms with Crippen molar-refractivity contribution in [3.05, 3.63) is 46.2 Å². The van der Waals surface area contributed by atoms with Crippen LogP contribution < -0.4 is 0 Å². The molecule has 0 unspecified atom stereocenters. The second-order valence-corrected chi connectivity index (χ2v) is 5.75. The summed E-state index contributed by atoms with van der Waals surface area (Å²) in [6, 6.07) is 7.45. The topological polar surface area (TPSA) is 0 Å². The summed E-state index contributed by atoms with van der Waals surface area (Å²) in [5.41, 5.74) is 1.18. The predicted octanol–water partition coefficient (Wildman–Crippen LogP) is 4.91. The number of benzene rings is 2. The van der Waals surface area contributed by atoms with Crippen LogP contribution in [0.2, 0.25) is 5.02 Å². The average molecular weight is 261 g/mol. The summed E-state index contributed by atoms with van der Waals surface area (Å²) in [5, 5.41) is 1.73. The van der Waals surface area contributed by atoms with E-state index in [9.17, 15) is 4.39 Å². The molecule has 0 spiro atoms. The molecule has 92 valence electrons. The monoisotopic (exact) mass is 260 g/mol. The minimum absolute atomic E-state index is 0.0708. The van der Waals surface area contributed by atoms with Gasteiger partial charge in [0.25, 0.3) is 0 Å². The van der Waals surface area contributed by atoms with Crippen LogP contribution in [0.25, 0.3) is 10.8 Å². The van der Waals surface area contributed by atoms with Gasteiger partial charge in [0.1, 0.15) is 0 Å². The Kier molecular flexibility index (Phi) is 3.09. The van der Waals surface area contributed by atoms with Crippen molar-refractivity contribution in [2.24, 2.45) is 0 Å². The van der Waals surface area contributed by atoms with Crippen molar-refractivity contribution >= 4 is 22.4 Å². The first-order valence-corrected chi connectivity index (χ1v) is 6.12.